The number of halogens is 1. The standard InChI is InChI=1S/C11H17ClN2O3/c1-11(2,3)17-10(16)14-5-4-13(8-12)6-9(14)7-15/h4-6,8H2,1-3H3. The van der Waals surface area contributed by atoms with Crippen molar-refractivity contribution in [3.05, 3.63) is 5.70 Å². The summed E-state index contributed by atoms with van der Waals surface area (Å²) in [5, 5.41) is 0. The molecule has 1 amide bonds. The van der Waals surface area contributed by atoms with Gasteiger partial charge >= 0.3 is 6.09 Å². The third-order valence-electron chi connectivity index (χ3n) is 2.24. The molecule has 0 aromatic rings. The van der Waals surface area contributed by atoms with E-state index >= 15 is 0 Å². The molecule has 17 heavy (non-hydrogen) atoms. The summed E-state index contributed by atoms with van der Waals surface area (Å²) in [4.78, 5) is 25.8. The Morgan fingerprint density at radius 3 is 2.59 bits per heavy atom. The Balaban J connectivity index is 2.71. The second-order valence-electron chi connectivity index (χ2n) is 4.85. The summed E-state index contributed by atoms with van der Waals surface area (Å²) in [6.45, 7) is 6.69. The molecule has 0 aromatic carbocycles. The number of piperazine rings is 1. The van der Waals surface area contributed by atoms with Crippen molar-refractivity contribution in [3.8, 4) is 0 Å². The van der Waals surface area contributed by atoms with Gasteiger partial charge in [-0.15, -0.1) is 11.6 Å². The molecule has 0 saturated carbocycles. The first kappa shape index (κ1) is 14.0. The smallest absolute Gasteiger partial charge is 0.415 e. The number of nitrogens with zero attached hydrogens (tertiary/aromatic N) is 2. The first-order valence-electron chi connectivity index (χ1n) is 5.40. The van der Waals surface area contributed by atoms with Crippen molar-refractivity contribution in [2.45, 2.75) is 26.4 Å². The van der Waals surface area contributed by atoms with Crippen molar-refractivity contribution in [3.63, 3.8) is 0 Å². The molecule has 96 valence electrons. The van der Waals surface area contributed by atoms with E-state index in [0.29, 0.717) is 25.6 Å². The number of rotatable bonds is 1. The molecule has 0 bridgehead atoms. The summed E-state index contributed by atoms with van der Waals surface area (Å²) in [7, 11) is 0. The lowest BCUT2D eigenvalue weighted by Crippen LogP contribution is -2.48. The molecule has 1 heterocycles. The van der Waals surface area contributed by atoms with Crippen LogP contribution < -0.4 is 0 Å². The Hall–Kier alpha value is -1.03. The minimum absolute atomic E-state index is 0.270. The van der Waals surface area contributed by atoms with E-state index in [-0.39, 0.29) is 5.70 Å². The Bertz CT molecular complexity index is 345. The number of carbonyl (C=O) groups excluding carboxylic acids is 2. The first-order valence-corrected chi connectivity index (χ1v) is 5.93. The minimum Gasteiger partial charge on any atom is -0.443 e. The van der Waals surface area contributed by atoms with E-state index in [1.54, 1.807) is 26.7 Å². The average molecular weight is 261 g/mol. The molecule has 0 N–H and O–H groups in total. The maximum Gasteiger partial charge on any atom is 0.415 e. The lowest BCUT2D eigenvalue weighted by atomic mass is 10.2. The van der Waals surface area contributed by atoms with Crippen LogP contribution in [0.15, 0.2) is 5.70 Å². The average Bonchev–Trinajstić information content (AvgIpc) is 2.25. The highest BCUT2D eigenvalue weighted by Crippen LogP contribution is 2.16. The summed E-state index contributed by atoms with van der Waals surface area (Å²) >= 11 is 5.68. The van der Waals surface area contributed by atoms with Crippen LogP contribution >= 0.6 is 11.6 Å². The summed E-state index contributed by atoms with van der Waals surface area (Å²) in [5.74, 6) is 1.78. The number of amides is 1. The Labute approximate surface area is 106 Å². The molecular weight excluding hydrogens is 244 g/mol. The van der Waals surface area contributed by atoms with Gasteiger partial charge in [-0.25, -0.2) is 9.59 Å². The largest absolute Gasteiger partial charge is 0.443 e. The molecule has 1 saturated heterocycles. The number of hydrogen-bond donors (Lipinski definition) is 0. The van der Waals surface area contributed by atoms with Crippen molar-refractivity contribution in [1.29, 1.82) is 0 Å². The number of alkyl halides is 1. The molecule has 6 heteroatoms. The Morgan fingerprint density at radius 2 is 2.12 bits per heavy atom. The second kappa shape index (κ2) is 5.54. The fourth-order valence-corrected chi connectivity index (χ4v) is 1.66. The lowest BCUT2D eigenvalue weighted by molar-refractivity contribution is 0.0253. The molecule has 0 atom stereocenters. The van der Waals surface area contributed by atoms with Gasteiger partial charge in [0, 0.05) is 13.1 Å². The van der Waals surface area contributed by atoms with Crippen LogP contribution in [0.5, 0.6) is 0 Å². The van der Waals surface area contributed by atoms with Gasteiger partial charge in [-0.05, 0) is 20.8 Å². The van der Waals surface area contributed by atoms with Gasteiger partial charge in [0.15, 0.2) is 0 Å². The van der Waals surface area contributed by atoms with E-state index < -0.39 is 11.7 Å². The molecule has 1 fully saturated rings. The summed E-state index contributed by atoms with van der Waals surface area (Å²) in [5.41, 5.74) is -0.305. The maximum absolute atomic E-state index is 11.8. The predicted molar refractivity (Wildman–Crippen MR) is 64.4 cm³/mol. The van der Waals surface area contributed by atoms with Crippen LogP contribution in [0.3, 0.4) is 0 Å². The highest BCUT2D eigenvalue weighted by Gasteiger charge is 2.29. The van der Waals surface area contributed by atoms with Gasteiger partial charge in [-0.1, -0.05) is 0 Å². The van der Waals surface area contributed by atoms with Crippen molar-refractivity contribution >= 4 is 23.6 Å². The third-order valence-corrected chi connectivity index (χ3v) is 2.58. The fourth-order valence-electron chi connectivity index (χ4n) is 1.46. The molecule has 0 aromatic heterocycles. The molecule has 1 rings (SSSR count). The Kier molecular flexibility index (Phi) is 4.57. The van der Waals surface area contributed by atoms with Crippen LogP contribution in [-0.2, 0) is 9.53 Å². The zero-order chi connectivity index (χ0) is 13.1. The summed E-state index contributed by atoms with van der Waals surface area (Å²) in [6, 6.07) is 0.327. The van der Waals surface area contributed by atoms with Gasteiger partial charge in [0.25, 0.3) is 0 Å². The van der Waals surface area contributed by atoms with Crippen LogP contribution in [0.25, 0.3) is 0 Å². The highest BCUT2D eigenvalue weighted by molar-refractivity contribution is 6.17. The monoisotopic (exact) mass is 260 g/mol. The van der Waals surface area contributed by atoms with Crippen LogP contribution in [0.2, 0.25) is 0 Å². The lowest BCUT2D eigenvalue weighted by Gasteiger charge is -2.34. The number of hydrogen-bond acceptors (Lipinski definition) is 4. The third kappa shape index (κ3) is 4.04. The summed E-state index contributed by atoms with van der Waals surface area (Å²) in [6.07, 6.45) is -0.509. The SMILES string of the molecule is CC(C)(C)OC(=O)N1CCN(CCl)CC1=C=O. The van der Waals surface area contributed by atoms with Crippen molar-refractivity contribution in [2.75, 3.05) is 25.6 Å². The molecule has 0 radical (unpaired) electrons. The maximum atomic E-state index is 11.8. The highest BCUT2D eigenvalue weighted by atomic mass is 35.5. The normalized spacial score (nSPS) is 17.9. The van der Waals surface area contributed by atoms with E-state index in [4.69, 9.17) is 16.3 Å². The van der Waals surface area contributed by atoms with Crippen LogP contribution in [0, 0.1) is 0 Å². The predicted octanol–water partition coefficient (Wildman–Crippen LogP) is 1.45. The topological polar surface area (TPSA) is 49.9 Å². The van der Waals surface area contributed by atoms with Crippen molar-refractivity contribution < 1.29 is 14.3 Å². The van der Waals surface area contributed by atoms with Gasteiger partial charge in [-0.2, -0.15) is 0 Å². The van der Waals surface area contributed by atoms with E-state index in [2.05, 4.69) is 0 Å². The molecular formula is C11H17ClN2O3. The molecule has 1 aliphatic rings. The van der Waals surface area contributed by atoms with Crippen LogP contribution in [-0.4, -0.2) is 53.1 Å². The van der Waals surface area contributed by atoms with Gasteiger partial charge in [0.05, 0.1) is 12.5 Å². The summed E-state index contributed by atoms with van der Waals surface area (Å²) < 4.78 is 5.21. The van der Waals surface area contributed by atoms with E-state index in [0.717, 1.165) is 0 Å². The molecule has 5 nitrogen and oxygen atoms in total. The van der Waals surface area contributed by atoms with Gasteiger partial charge < -0.3 is 4.74 Å². The Morgan fingerprint density at radius 1 is 1.47 bits per heavy atom. The van der Waals surface area contributed by atoms with Crippen molar-refractivity contribution in [1.82, 2.24) is 9.80 Å². The molecule has 1 aliphatic heterocycles. The van der Waals surface area contributed by atoms with Gasteiger partial charge in [0.1, 0.15) is 17.2 Å². The van der Waals surface area contributed by atoms with E-state index in [1.807, 2.05) is 4.90 Å². The zero-order valence-corrected chi connectivity index (χ0v) is 11.1. The first-order chi connectivity index (χ1) is 7.87. The minimum atomic E-state index is -0.575. The molecule has 0 aliphatic carbocycles. The quantitative estimate of drug-likeness (QED) is 0.407. The zero-order valence-electron chi connectivity index (χ0n) is 10.3. The molecule has 0 spiro atoms. The van der Waals surface area contributed by atoms with E-state index in [1.165, 1.54) is 4.90 Å². The van der Waals surface area contributed by atoms with E-state index in [9.17, 15) is 9.59 Å². The number of carbonyl (C=O) groups is 1. The fraction of sp³-hybridized carbons (Fsp3) is 0.727. The molecule has 0 unspecified atom stereocenters. The van der Waals surface area contributed by atoms with Gasteiger partial charge in [0.2, 0.25) is 0 Å². The van der Waals surface area contributed by atoms with Crippen LogP contribution in [0.4, 0.5) is 4.79 Å². The van der Waals surface area contributed by atoms with Crippen molar-refractivity contribution in [2.24, 2.45) is 0 Å². The van der Waals surface area contributed by atoms with Crippen LogP contribution in [0.1, 0.15) is 20.8 Å². The van der Waals surface area contributed by atoms with Gasteiger partial charge in [-0.3, -0.25) is 9.80 Å². The number of ether oxygens (including phenoxy) is 1. The second-order valence-corrected chi connectivity index (χ2v) is 5.09.